The molecule has 0 spiro atoms. The SMILES string of the molecule is Cc1ccc(/C=C/[C@H]2[C@H]3C(=O)N(C)C(=O)[C@H]3[C@@H]3CCCCN23)nc1. The highest BCUT2D eigenvalue weighted by molar-refractivity contribution is 6.06. The van der Waals surface area contributed by atoms with Gasteiger partial charge in [0.25, 0.3) is 0 Å². The summed E-state index contributed by atoms with van der Waals surface area (Å²) >= 11 is 0. The molecular formula is C19H23N3O2. The van der Waals surface area contributed by atoms with Crippen LogP contribution in [0.1, 0.15) is 30.5 Å². The summed E-state index contributed by atoms with van der Waals surface area (Å²) in [6.45, 7) is 2.98. The molecule has 5 heteroatoms. The second kappa shape index (κ2) is 5.81. The van der Waals surface area contributed by atoms with E-state index in [2.05, 4.69) is 16.0 Å². The zero-order chi connectivity index (χ0) is 16.8. The Kier molecular flexibility index (Phi) is 3.76. The van der Waals surface area contributed by atoms with Crippen molar-refractivity contribution >= 4 is 17.9 Å². The molecular weight excluding hydrogens is 302 g/mol. The highest BCUT2D eigenvalue weighted by atomic mass is 16.2. The minimum absolute atomic E-state index is 0.00445. The minimum Gasteiger partial charge on any atom is -0.292 e. The first-order valence-electron chi connectivity index (χ1n) is 8.76. The van der Waals surface area contributed by atoms with Crippen molar-refractivity contribution in [1.82, 2.24) is 14.8 Å². The fourth-order valence-corrected chi connectivity index (χ4v) is 4.57. The van der Waals surface area contributed by atoms with Crippen molar-refractivity contribution in [2.24, 2.45) is 11.8 Å². The van der Waals surface area contributed by atoms with Gasteiger partial charge >= 0.3 is 0 Å². The molecule has 0 bridgehead atoms. The molecule has 4 heterocycles. The van der Waals surface area contributed by atoms with Crippen LogP contribution in [0.15, 0.2) is 24.4 Å². The van der Waals surface area contributed by atoms with Gasteiger partial charge in [0.1, 0.15) is 0 Å². The van der Waals surface area contributed by atoms with Gasteiger partial charge in [0.2, 0.25) is 11.8 Å². The lowest BCUT2D eigenvalue weighted by molar-refractivity contribution is -0.139. The van der Waals surface area contributed by atoms with E-state index in [0.29, 0.717) is 0 Å². The summed E-state index contributed by atoms with van der Waals surface area (Å²) in [6, 6.07) is 4.24. The van der Waals surface area contributed by atoms with Crippen molar-refractivity contribution in [1.29, 1.82) is 0 Å². The van der Waals surface area contributed by atoms with Crippen LogP contribution in [0.2, 0.25) is 0 Å². The van der Waals surface area contributed by atoms with Crippen LogP contribution in [0.3, 0.4) is 0 Å². The Hall–Kier alpha value is -2.01. The van der Waals surface area contributed by atoms with E-state index in [1.165, 1.54) is 4.90 Å². The van der Waals surface area contributed by atoms with Crippen LogP contribution in [0.5, 0.6) is 0 Å². The molecule has 4 rings (SSSR count). The van der Waals surface area contributed by atoms with Crippen LogP contribution >= 0.6 is 0 Å². The number of hydrogen-bond acceptors (Lipinski definition) is 4. The Morgan fingerprint density at radius 1 is 1.17 bits per heavy atom. The number of aryl methyl sites for hydroxylation is 1. The van der Waals surface area contributed by atoms with Gasteiger partial charge in [0.15, 0.2) is 0 Å². The number of rotatable bonds is 2. The van der Waals surface area contributed by atoms with Gasteiger partial charge in [0, 0.05) is 25.3 Å². The summed E-state index contributed by atoms with van der Waals surface area (Å²) in [5.74, 6) is -0.409. The van der Waals surface area contributed by atoms with Crippen molar-refractivity contribution < 1.29 is 9.59 Å². The van der Waals surface area contributed by atoms with Crippen LogP contribution in [-0.4, -0.2) is 52.3 Å². The van der Waals surface area contributed by atoms with Gasteiger partial charge in [-0.1, -0.05) is 18.6 Å². The molecule has 3 saturated heterocycles. The molecule has 3 aliphatic heterocycles. The number of amides is 2. The molecule has 3 aliphatic rings. The van der Waals surface area contributed by atoms with Crippen molar-refractivity contribution in [3.8, 4) is 0 Å². The molecule has 4 atom stereocenters. The van der Waals surface area contributed by atoms with Crippen molar-refractivity contribution in [3.05, 3.63) is 35.7 Å². The third kappa shape index (κ3) is 2.30. The first-order valence-corrected chi connectivity index (χ1v) is 8.76. The molecule has 5 nitrogen and oxygen atoms in total. The van der Waals surface area contributed by atoms with Crippen LogP contribution in [0.4, 0.5) is 0 Å². The number of carbonyl (C=O) groups excluding carboxylic acids is 2. The number of hydrogen-bond donors (Lipinski definition) is 0. The second-order valence-electron chi connectivity index (χ2n) is 7.20. The average molecular weight is 325 g/mol. The van der Waals surface area contributed by atoms with Gasteiger partial charge < -0.3 is 0 Å². The van der Waals surface area contributed by atoms with Gasteiger partial charge in [-0.3, -0.25) is 24.4 Å². The molecule has 0 radical (unpaired) electrons. The smallest absolute Gasteiger partial charge is 0.234 e. The van der Waals surface area contributed by atoms with Gasteiger partial charge in [0.05, 0.1) is 17.5 Å². The molecule has 24 heavy (non-hydrogen) atoms. The van der Waals surface area contributed by atoms with E-state index < -0.39 is 0 Å². The lowest BCUT2D eigenvalue weighted by Crippen LogP contribution is -2.45. The standard InChI is InChI=1S/C19H23N3O2/c1-12-6-7-13(20-11-12)8-9-15-17-16(18(23)21(2)19(17)24)14-5-3-4-10-22(14)15/h6-9,11,14-17H,3-5,10H2,1-2H3/b9-8+/t14-,15-,16-,17+/m0/s1. The summed E-state index contributed by atoms with van der Waals surface area (Å²) in [6.07, 6.45) is 9.23. The Bertz CT molecular complexity index is 697. The monoisotopic (exact) mass is 325 g/mol. The highest BCUT2D eigenvalue weighted by Gasteiger charge is 2.60. The fourth-order valence-electron chi connectivity index (χ4n) is 4.57. The second-order valence-corrected chi connectivity index (χ2v) is 7.20. The van der Waals surface area contributed by atoms with Gasteiger partial charge in [-0.15, -0.1) is 0 Å². The number of aromatic nitrogens is 1. The molecule has 0 N–H and O–H groups in total. The van der Waals surface area contributed by atoms with Gasteiger partial charge in [-0.2, -0.15) is 0 Å². The van der Waals surface area contributed by atoms with Crippen LogP contribution in [0, 0.1) is 18.8 Å². The maximum atomic E-state index is 12.6. The number of piperidine rings is 1. The fraction of sp³-hybridized carbons (Fsp3) is 0.526. The summed E-state index contributed by atoms with van der Waals surface area (Å²) in [4.78, 5) is 33.3. The molecule has 2 amide bonds. The molecule has 1 aromatic rings. The molecule has 0 aromatic carbocycles. The number of likely N-dealkylation sites (tertiary alicyclic amines) is 1. The van der Waals surface area contributed by atoms with E-state index in [1.54, 1.807) is 7.05 Å². The van der Waals surface area contributed by atoms with Crippen molar-refractivity contribution in [2.75, 3.05) is 13.6 Å². The quantitative estimate of drug-likeness (QED) is 0.779. The number of carbonyl (C=O) groups is 2. The lowest BCUT2D eigenvalue weighted by Gasteiger charge is -2.35. The topological polar surface area (TPSA) is 53.5 Å². The van der Waals surface area contributed by atoms with E-state index in [0.717, 1.165) is 37.1 Å². The summed E-state index contributed by atoms with van der Waals surface area (Å²) in [5.41, 5.74) is 2.02. The summed E-state index contributed by atoms with van der Waals surface area (Å²) < 4.78 is 0. The van der Waals surface area contributed by atoms with E-state index in [-0.39, 0.29) is 35.7 Å². The molecule has 0 aliphatic carbocycles. The van der Waals surface area contributed by atoms with Gasteiger partial charge in [-0.05, 0) is 44.0 Å². The van der Waals surface area contributed by atoms with E-state index in [4.69, 9.17) is 0 Å². The Morgan fingerprint density at radius 3 is 2.71 bits per heavy atom. The Morgan fingerprint density at radius 2 is 1.96 bits per heavy atom. The number of imide groups is 1. The number of nitrogens with zero attached hydrogens (tertiary/aromatic N) is 3. The minimum atomic E-state index is -0.229. The predicted octanol–water partition coefficient (Wildman–Crippen LogP) is 1.87. The zero-order valence-electron chi connectivity index (χ0n) is 14.2. The maximum absolute atomic E-state index is 12.6. The Labute approximate surface area is 142 Å². The first-order chi connectivity index (χ1) is 11.6. The average Bonchev–Trinajstić information content (AvgIpc) is 3.04. The maximum Gasteiger partial charge on any atom is 0.234 e. The normalized spacial score (nSPS) is 33.3. The largest absolute Gasteiger partial charge is 0.292 e. The van der Waals surface area contributed by atoms with E-state index >= 15 is 0 Å². The number of fused-ring (bicyclic) bond motifs is 3. The lowest BCUT2D eigenvalue weighted by atomic mass is 9.87. The van der Waals surface area contributed by atoms with Crippen LogP contribution < -0.4 is 0 Å². The molecule has 0 saturated carbocycles. The highest BCUT2D eigenvalue weighted by Crippen LogP contribution is 2.45. The Balaban J connectivity index is 1.66. The third-order valence-electron chi connectivity index (χ3n) is 5.77. The first kappa shape index (κ1) is 15.5. The summed E-state index contributed by atoms with van der Waals surface area (Å²) in [7, 11) is 1.62. The number of pyridine rings is 1. The van der Waals surface area contributed by atoms with Crippen molar-refractivity contribution in [3.63, 3.8) is 0 Å². The van der Waals surface area contributed by atoms with Gasteiger partial charge in [-0.25, -0.2) is 0 Å². The predicted molar refractivity (Wildman–Crippen MR) is 90.9 cm³/mol. The molecule has 3 fully saturated rings. The van der Waals surface area contributed by atoms with E-state index in [9.17, 15) is 9.59 Å². The van der Waals surface area contributed by atoms with E-state index in [1.807, 2.05) is 31.3 Å². The molecule has 0 unspecified atom stereocenters. The zero-order valence-corrected chi connectivity index (χ0v) is 14.2. The summed E-state index contributed by atoms with van der Waals surface area (Å²) in [5, 5.41) is 0. The van der Waals surface area contributed by atoms with Crippen molar-refractivity contribution in [2.45, 2.75) is 38.3 Å². The molecule has 1 aromatic heterocycles. The van der Waals surface area contributed by atoms with Crippen LogP contribution in [0.25, 0.3) is 6.08 Å². The van der Waals surface area contributed by atoms with Crippen LogP contribution in [-0.2, 0) is 9.59 Å². The third-order valence-corrected chi connectivity index (χ3v) is 5.77. The molecule has 126 valence electrons.